The molecular formula is C26H22ClNO5. The van der Waals surface area contributed by atoms with Gasteiger partial charge in [-0.05, 0) is 42.8 Å². The Balaban J connectivity index is 2.02. The van der Waals surface area contributed by atoms with E-state index in [1.54, 1.807) is 36.4 Å². The fraction of sp³-hybridized carbons (Fsp3) is 0.154. The Kier molecular flexibility index (Phi) is 6.11. The van der Waals surface area contributed by atoms with E-state index >= 15 is 0 Å². The zero-order valence-electron chi connectivity index (χ0n) is 18.3. The number of aliphatic hydroxyl groups excluding tert-OH is 1. The largest absolute Gasteiger partial charge is 0.507 e. The molecule has 0 radical (unpaired) electrons. The first-order chi connectivity index (χ1) is 15.9. The average Bonchev–Trinajstić information content (AvgIpc) is 3.09. The van der Waals surface area contributed by atoms with Crippen molar-refractivity contribution in [3.63, 3.8) is 0 Å². The summed E-state index contributed by atoms with van der Waals surface area (Å²) in [6.45, 7) is 1.92. The van der Waals surface area contributed by atoms with Gasteiger partial charge in [0.05, 0.1) is 37.1 Å². The highest BCUT2D eigenvalue weighted by molar-refractivity contribution is 6.52. The number of aryl methyl sites for hydroxylation is 1. The number of rotatable bonds is 5. The molecule has 3 aromatic rings. The molecule has 1 aliphatic heterocycles. The van der Waals surface area contributed by atoms with E-state index in [1.165, 1.54) is 25.2 Å². The van der Waals surface area contributed by atoms with Gasteiger partial charge in [0.2, 0.25) is 0 Å². The van der Waals surface area contributed by atoms with Crippen molar-refractivity contribution < 1.29 is 24.2 Å². The Bertz CT molecular complexity index is 1280. The molecule has 1 atom stereocenters. The van der Waals surface area contributed by atoms with Gasteiger partial charge >= 0.3 is 0 Å². The van der Waals surface area contributed by atoms with Crippen LogP contribution in [-0.4, -0.2) is 31.0 Å². The second-order valence-corrected chi connectivity index (χ2v) is 8.04. The number of ether oxygens (including phenoxy) is 2. The molecule has 4 rings (SSSR count). The molecule has 3 aromatic carbocycles. The molecule has 6 nitrogen and oxygen atoms in total. The minimum atomic E-state index is -0.884. The number of methoxy groups -OCH3 is 2. The molecular weight excluding hydrogens is 442 g/mol. The third-order valence-corrected chi connectivity index (χ3v) is 5.80. The lowest BCUT2D eigenvalue weighted by Gasteiger charge is -2.27. The lowest BCUT2D eigenvalue weighted by atomic mass is 9.94. The molecule has 0 aliphatic carbocycles. The molecule has 1 aliphatic rings. The topological polar surface area (TPSA) is 76.1 Å². The second-order valence-electron chi connectivity index (χ2n) is 7.60. The molecule has 168 valence electrons. The number of ketones is 1. The first-order valence-corrected chi connectivity index (χ1v) is 10.6. The monoisotopic (exact) mass is 463 g/mol. The van der Waals surface area contributed by atoms with Crippen LogP contribution in [0.2, 0.25) is 5.02 Å². The maximum Gasteiger partial charge on any atom is 0.300 e. The summed E-state index contributed by atoms with van der Waals surface area (Å²) in [5.41, 5.74) is 2.20. The quantitative estimate of drug-likeness (QED) is 0.316. The molecule has 1 fully saturated rings. The van der Waals surface area contributed by atoms with Gasteiger partial charge < -0.3 is 14.6 Å². The number of hydrogen-bond donors (Lipinski definition) is 1. The number of halogens is 1. The number of anilines is 1. The maximum absolute atomic E-state index is 13.3. The summed E-state index contributed by atoms with van der Waals surface area (Å²) in [5, 5.41) is 11.7. The third kappa shape index (κ3) is 3.94. The van der Waals surface area contributed by atoms with Gasteiger partial charge in [0.15, 0.2) is 0 Å². The Morgan fingerprint density at radius 2 is 1.67 bits per heavy atom. The van der Waals surface area contributed by atoms with E-state index in [0.717, 1.165) is 5.56 Å². The van der Waals surface area contributed by atoms with E-state index in [2.05, 4.69) is 0 Å². The van der Waals surface area contributed by atoms with Crippen LogP contribution in [0.15, 0.2) is 72.3 Å². The Labute approximate surface area is 196 Å². The Morgan fingerprint density at radius 3 is 2.36 bits per heavy atom. The molecule has 0 bridgehead atoms. The minimum Gasteiger partial charge on any atom is -0.507 e. The van der Waals surface area contributed by atoms with Crippen molar-refractivity contribution in [1.29, 1.82) is 0 Å². The van der Waals surface area contributed by atoms with Gasteiger partial charge in [-0.3, -0.25) is 14.5 Å². The highest BCUT2D eigenvalue weighted by atomic mass is 35.5. The van der Waals surface area contributed by atoms with Crippen LogP contribution >= 0.6 is 11.6 Å². The number of benzene rings is 3. The molecule has 0 spiro atoms. The van der Waals surface area contributed by atoms with Gasteiger partial charge in [0.25, 0.3) is 11.7 Å². The van der Waals surface area contributed by atoms with Crippen molar-refractivity contribution in [3.8, 4) is 11.5 Å². The Hall–Kier alpha value is -3.77. The number of amides is 1. The van der Waals surface area contributed by atoms with Gasteiger partial charge in [-0.2, -0.15) is 0 Å². The molecule has 1 N–H and O–H groups in total. The first kappa shape index (κ1) is 22.4. The number of nitrogens with zero attached hydrogens (tertiary/aromatic N) is 1. The van der Waals surface area contributed by atoms with Crippen molar-refractivity contribution in [2.75, 3.05) is 19.1 Å². The number of carbonyl (C=O) groups is 2. The fourth-order valence-corrected chi connectivity index (χ4v) is 4.25. The van der Waals surface area contributed by atoms with E-state index < -0.39 is 17.7 Å². The predicted octanol–water partition coefficient (Wildman–Crippen LogP) is 5.29. The highest BCUT2D eigenvalue weighted by Crippen LogP contribution is 2.45. The number of aliphatic hydroxyl groups is 1. The summed E-state index contributed by atoms with van der Waals surface area (Å²) >= 11 is 6.16. The number of hydrogen-bond acceptors (Lipinski definition) is 5. The van der Waals surface area contributed by atoms with E-state index in [4.69, 9.17) is 21.1 Å². The van der Waals surface area contributed by atoms with E-state index in [9.17, 15) is 14.7 Å². The van der Waals surface area contributed by atoms with Gasteiger partial charge in [-0.25, -0.2) is 0 Å². The number of carbonyl (C=O) groups excluding carboxylic acids is 2. The predicted molar refractivity (Wildman–Crippen MR) is 127 cm³/mol. The molecule has 1 unspecified atom stereocenters. The summed E-state index contributed by atoms with van der Waals surface area (Å²) < 4.78 is 10.8. The van der Waals surface area contributed by atoms with Crippen LogP contribution in [0.25, 0.3) is 5.76 Å². The van der Waals surface area contributed by atoms with Crippen molar-refractivity contribution in [1.82, 2.24) is 0 Å². The molecule has 1 saturated heterocycles. The van der Waals surface area contributed by atoms with Gasteiger partial charge in [0, 0.05) is 5.02 Å². The lowest BCUT2D eigenvalue weighted by molar-refractivity contribution is -0.132. The van der Waals surface area contributed by atoms with Crippen molar-refractivity contribution in [3.05, 3.63) is 94.0 Å². The van der Waals surface area contributed by atoms with Crippen LogP contribution in [0.4, 0.5) is 5.69 Å². The fourth-order valence-electron chi connectivity index (χ4n) is 4.08. The zero-order chi connectivity index (χ0) is 23.7. The smallest absolute Gasteiger partial charge is 0.300 e. The zero-order valence-corrected chi connectivity index (χ0v) is 19.1. The Morgan fingerprint density at radius 1 is 0.939 bits per heavy atom. The second kappa shape index (κ2) is 9.00. The van der Waals surface area contributed by atoms with E-state index in [-0.39, 0.29) is 16.9 Å². The van der Waals surface area contributed by atoms with Crippen LogP contribution in [0.3, 0.4) is 0 Å². The van der Waals surface area contributed by atoms with Crippen molar-refractivity contribution >= 4 is 34.7 Å². The molecule has 0 saturated carbocycles. The van der Waals surface area contributed by atoms with Crippen molar-refractivity contribution in [2.24, 2.45) is 0 Å². The number of para-hydroxylation sites is 2. The SMILES string of the molecule is COc1ccc(Cl)cc1/C(O)=C1\C(=O)C(=O)N(c2ccccc2OC)C1c1cccc(C)c1. The van der Waals surface area contributed by atoms with Gasteiger partial charge in [0.1, 0.15) is 17.3 Å². The summed E-state index contributed by atoms with van der Waals surface area (Å²) in [6, 6.07) is 18.2. The van der Waals surface area contributed by atoms with Crippen LogP contribution in [0.1, 0.15) is 22.7 Å². The van der Waals surface area contributed by atoms with Crippen molar-refractivity contribution in [2.45, 2.75) is 13.0 Å². The molecule has 33 heavy (non-hydrogen) atoms. The molecule has 0 aromatic heterocycles. The summed E-state index contributed by atoms with van der Waals surface area (Å²) in [5.74, 6) is -1.20. The van der Waals surface area contributed by atoms with E-state index in [0.29, 0.717) is 27.8 Å². The van der Waals surface area contributed by atoms with Gasteiger partial charge in [-0.1, -0.05) is 53.6 Å². The minimum absolute atomic E-state index is 0.0583. The number of Topliss-reactive ketones (excluding diaryl/α,β-unsaturated/α-hetero) is 1. The van der Waals surface area contributed by atoms with Crippen LogP contribution < -0.4 is 14.4 Å². The molecule has 1 amide bonds. The van der Waals surface area contributed by atoms with Gasteiger partial charge in [-0.15, -0.1) is 0 Å². The van der Waals surface area contributed by atoms with Crippen LogP contribution in [0.5, 0.6) is 11.5 Å². The normalized spacial score (nSPS) is 17.3. The lowest BCUT2D eigenvalue weighted by Crippen LogP contribution is -2.29. The summed E-state index contributed by atoms with van der Waals surface area (Å²) in [4.78, 5) is 28.0. The first-order valence-electron chi connectivity index (χ1n) is 10.2. The standard InChI is InChI=1S/C26H22ClNO5/c1-15-7-6-8-16(13-15)23-22(24(29)18-14-17(27)11-12-20(18)32-2)25(30)26(31)28(23)19-9-4-5-10-21(19)33-3/h4-14,23,29H,1-3H3/b24-22+. The van der Waals surface area contributed by atoms with E-state index in [1.807, 2.05) is 31.2 Å². The van der Waals surface area contributed by atoms with Crippen LogP contribution in [-0.2, 0) is 9.59 Å². The average molecular weight is 464 g/mol. The third-order valence-electron chi connectivity index (χ3n) is 5.56. The maximum atomic E-state index is 13.3. The summed E-state index contributed by atoms with van der Waals surface area (Å²) in [6.07, 6.45) is 0. The highest BCUT2D eigenvalue weighted by Gasteiger charge is 2.48. The molecule has 1 heterocycles. The summed E-state index contributed by atoms with van der Waals surface area (Å²) in [7, 11) is 2.94. The molecule has 7 heteroatoms. The van der Waals surface area contributed by atoms with Crippen LogP contribution in [0, 0.1) is 6.92 Å².